The maximum absolute atomic E-state index is 10.4. The summed E-state index contributed by atoms with van der Waals surface area (Å²) >= 11 is 1.89. The first-order valence-corrected chi connectivity index (χ1v) is 6.56. The predicted octanol–water partition coefficient (Wildman–Crippen LogP) is 2.15. The van der Waals surface area contributed by atoms with E-state index in [-0.39, 0.29) is 11.2 Å². The second-order valence-electron chi connectivity index (χ2n) is 4.98. The van der Waals surface area contributed by atoms with Crippen LogP contribution in [0.5, 0.6) is 0 Å². The van der Waals surface area contributed by atoms with Crippen molar-refractivity contribution in [1.29, 1.82) is 0 Å². The summed E-state index contributed by atoms with van der Waals surface area (Å²) in [7, 11) is -3.79. The third kappa shape index (κ3) is 18.3. The van der Waals surface area contributed by atoms with E-state index in [2.05, 4.69) is 20.8 Å². The van der Waals surface area contributed by atoms with Crippen molar-refractivity contribution in [1.82, 2.24) is 0 Å². The molecule has 0 saturated carbocycles. The Kier molecular flexibility index (Phi) is 8.33. The van der Waals surface area contributed by atoms with Gasteiger partial charge in [-0.2, -0.15) is 0 Å². The van der Waals surface area contributed by atoms with Crippen molar-refractivity contribution in [3.05, 3.63) is 0 Å². The third-order valence-electron chi connectivity index (χ3n) is 1.53. The molecule has 0 aromatic carbocycles. The van der Waals surface area contributed by atoms with Crippen molar-refractivity contribution in [2.75, 3.05) is 5.75 Å². The van der Waals surface area contributed by atoms with Gasteiger partial charge in [-0.3, -0.25) is 0 Å². The van der Waals surface area contributed by atoms with Crippen LogP contribution in [0.1, 0.15) is 34.6 Å². The average Bonchev–Trinajstić information content (AvgIpc) is 1.80. The molecule has 82 valence electrons. The van der Waals surface area contributed by atoms with E-state index in [1.54, 1.807) is 13.8 Å². The van der Waals surface area contributed by atoms with Gasteiger partial charge in [-0.15, -0.1) is 0 Å². The molecule has 0 fully saturated rings. The SMILES string of the molecule is CC(C)C.[Li][CH2]C(C)(C)CS(=O)(=O)O. The molecule has 0 atom stereocenters. The van der Waals surface area contributed by atoms with Crippen LogP contribution < -0.4 is 0 Å². The van der Waals surface area contributed by atoms with Gasteiger partial charge in [0.1, 0.15) is 0 Å². The molecule has 0 aromatic rings. The average molecular weight is 216 g/mol. The fourth-order valence-corrected chi connectivity index (χ4v) is 1.79. The minimum absolute atomic E-state index is 0.156. The van der Waals surface area contributed by atoms with Crippen LogP contribution in [0.15, 0.2) is 0 Å². The Morgan fingerprint density at radius 3 is 1.64 bits per heavy atom. The molecule has 0 aliphatic carbocycles. The molecule has 0 bridgehead atoms. The monoisotopic (exact) mass is 216 g/mol. The summed E-state index contributed by atoms with van der Waals surface area (Å²) in [4.78, 5) is 0. The van der Waals surface area contributed by atoms with Crippen LogP contribution in [0, 0.1) is 11.3 Å². The molecule has 0 aromatic heterocycles. The Hall–Kier alpha value is 0.507. The summed E-state index contributed by atoms with van der Waals surface area (Å²) in [6.45, 7) is 10.1. The zero-order chi connectivity index (χ0) is 12.0. The van der Waals surface area contributed by atoms with Gasteiger partial charge in [-0.05, 0) is 5.92 Å². The number of rotatable bonds is 3. The summed E-state index contributed by atoms with van der Waals surface area (Å²) < 4.78 is 29.2. The van der Waals surface area contributed by atoms with Crippen molar-refractivity contribution in [3.63, 3.8) is 0 Å². The molecule has 0 aliphatic heterocycles. The van der Waals surface area contributed by atoms with Gasteiger partial charge in [0.05, 0.1) is 0 Å². The molecule has 14 heavy (non-hydrogen) atoms. The van der Waals surface area contributed by atoms with Crippen LogP contribution in [-0.2, 0) is 10.1 Å². The Morgan fingerprint density at radius 2 is 1.57 bits per heavy atom. The van der Waals surface area contributed by atoms with Gasteiger partial charge in [0, 0.05) is 0 Å². The number of hydrogen-bond acceptors (Lipinski definition) is 2. The van der Waals surface area contributed by atoms with Crippen LogP contribution >= 0.6 is 0 Å². The molecule has 0 radical (unpaired) electrons. The molecule has 0 heterocycles. The normalized spacial score (nSPS) is 12.4. The molecule has 3 nitrogen and oxygen atoms in total. The van der Waals surface area contributed by atoms with Crippen molar-refractivity contribution >= 4 is 27.8 Å². The van der Waals surface area contributed by atoms with E-state index in [4.69, 9.17) is 4.55 Å². The molecule has 0 spiro atoms. The van der Waals surface area contributed by atoms with Gasteiger partial charge in [0.15, 0.2) is 0 Å². The van der Waals surface area contributed by atoms with Gasteiger partial charge in [0.25, 0.3) is 0 Å². The van der Waals surface area contributed by atoms with E-state index in [1.807, 2.05) is 17.7 Å². The Morgan fingerprint density at radius 1 is 1.29 bits per heavy atom. The fourth-order valence-electron chi connectivity index (χ4n) is 0.596. The second-order valence-corrected chi connectivity index (χ2v) is 6.43. The van der Waals surface area contributed by atoms with Crippen molar-refractivity contribution in [3.8, 4) is 0 Å². The van der Waals surface area contributed by atoms with E-state index in [1.165, 1.54) is 0 Å². The topological polar surface area (TPSA) is 54.4 Å². The van der Waals surface area contributed by atoms with E-state index in [0.717, 1.165) is 11.0 Å². The summed E-state index contributed by atoms with van der Waals surface area (Å²) in [6, 6.07) is 0. The molecule has 1 N–H and O–H groups in total. The van der Waals surface area contributed by atoms with E-state index in [9.17, 15) is 8.42 Å². The molecule has 0 unspecified atom stereocenters. The Labute approximate surface area is 97.6 Å². The van der Waals surface area contributed by atoms with E-state index >= 15 is 0 Å². The molecule has 0 aliphatic rings. The minimum atomic E-state index is -3.79. The zero-order valence-electron chi connectivity index (χ0n) is 10.2. The summed E-state index contributed by atoms with van der Waals surface area (Å²) in [5, 5.41) is 0.743. The molecule has 0 saturated heterocycles. The maximum atomic E-state index is 10.4. The summed E-state index contributed by atoms with van der Waals surface area (Å²) in [5.74, 6) is 0.677. The predicted molar refractivity (Wildman–Crippen MR) is 61.3 cm³/mol. The van der Waals surface area contributed by atoms with Gasteiger partial charge >= 0.3 is 70.9 Å². The zero-order valence-corrected chi connectivity index (χ0v) is 11.0. The quantitative estimate of drug-likeness (QED) is 0.581. The van der Waals surface area contributed by atoms with Gasteiger partial charge < -0.3 is 0 Å². The van der Waals surface area contributed by atoms with Crippen LogP contribution in [-0.4, -0.2) is 36.4 Å². The van der Waals surface area contributed by atoms with E-state index in [0.29, 0.717) is 0 Å². The standard InChI is InChI=1S/C5H11O3S.C4H10.Li/c1-5(2,3)4-9(6,7)8;1-4(2)3;/h1,4H2,2-3H3,(H,6,7,8);4H,1-3H3;. The first kappa shape index (κ1) is 16.9. The third-order valence-corrected chi connectivity index (χ3v) is 2.68. The van der Waals surface area contributed by atoms with Gasteiger partial charge in [-0.1, -0.05) is 20.8 Å². The van der Waals surface area contributed by atoms with Gasteiger partial charge in [0.2, 0.25) is 0 Å². The van der Waals surface area contributed by atoms with Crippen LogP contribution in [0.4, 0.5) is 0 Å². The number of hydrogen-bond donors (Lipinski definition) is 1. The fraction of sp³-hybridized carbons (Fsp3) is 1.00. The molecular weight excluding hydrogens is 195 g/mol. The summed E-state index contributed by atoms with van der Waals surface area (Å²) in [6.07, 6.45) is 0. The van der Waals surface area contributed by atoms with E-state index < -0.39 is 10.1 Å². The first-order valence-electron chi connectivity index (χ1n) is 4.95. The van der Waals surface area contributed by atoms with Crippen molar-refractivity contribution in [2.24, 2.45) is 11.3 Å². The Balaban J connectivity index is 0. The van der Waals surface area contributed by atoms with Crippen molar-refractivity contribution < 1.29 is 13.0 Å². The molecular formula is C9H21LiO3S. The van der Waals surface area contributed by atoms with Crippen molar-refractivity contribution in [2.45, 2.75) is 39.7 Å². The van der Waals surface area contributed by atoms with Crippen LogP contribution in [0.25, 0.3) is 0 Å². The molecule has 0 rings (SSSR count). The first-order chi connectivity index (χ1) is 6.00. The Bertz CT molecular complexity index is 230. The van der Waals surface area contributed by atoms with Crippen LogP contribution in [0.3, 0.4) is 0 Å². The molecule has 5 heteroatoms. The van der Waals surface area contributed by atoms with Gasteiger partial charge in [-0.25, -0.2) is 0 Å². The second kappa shape index (κ2) is 6.89. The summed E-state index contributed by atoms with van der Waals surface area (Å²) in [5.41, 5.74) is -0.312. The molecule has 0 amide bonds. The van der Waals surface area contributed by atoms with Crippen LogP contribution in [0.2, 0.25) is 5.09 Å².